The molecule has 0 fully saturated rings. The molecule has 0 unspecified atom stereocenters. The van der Waals surface area contributed by atoms with Crippen molar-refractivity contribution in [3.63, 3.8) is 0 Å². The van der Waals surface area contributed by atoms with Crippen molar-refractivity contribution < 1.29 is 0 Å². The van der Waals surface area contributed by atoms with E-state index >= 15 is 0 Å². The Morgan fingerprint density at radius 2 is 2.18 bits per heavy atom. The van der Waals surface area contributed by atoms with E-state index in [9.17, 15) is 0 Å². The van der Waals surface area contributed by atoms with Crippen LogP contribution in [0, 0.1) is 5.41 Å². The predicted octanol–water partition coefficient (Wildman–Crippen LogP) is 3.84. The third-order valence-electron chi connectivity index (χ3n) is 4.28. The minimum absolute atomic E-state index is 0.413. The SMILES string of the molecule is CCC(CC)(CS)CN1CCc2sccc2C1. The average molecular weight is 269 g/mol. The van der Waals surface area contributed by atoms with Gasteiger partial charge in [0.2, 0.25) is 0 Å². The molecule has 1 nitrogen and oxygen atoms in total. The van der Waals surface area contributed by atoms with Gasteiger partial charge < -0.3 is 0 Å². The lowest BCUT2D eigenvalue weighted by Crippen LogP contribution is -2.40. The van der Waals surface area contributed by atoms with Crippen LogP contribution >= 0.6 is 24.0 Å². The third-order valence-corrected chi connectivity index (χ3v) is 5.97. The first-order chi connectivity index (χ1) is 8.23. The summed E-state index contributed by atoms with van der Waals surface area (Å²) >= 11 is 6.50. The van der Waals surface area contributed by atoms with Crippen molar-refractivity contribution in [2.75, 3.05) is 18.8 Å². The van der Waals surface area contributed by atoms with Gasteiger partial charge in [-0.15, -0.1) is 11.3 Å². The van der Waals surface area contributed by atoms with E-state index in [1.165, 1.54) is 32.4 Å². The molecule has 0 atom stereocenters. The highest BCUT2D eigenvalue weighted by Gasteiger charge is 2.29. The summed E-state index contributed by atoms with van der Waals surface area (Å²) in [5.41, 5.74) is 1.97. The molecular formula is C14H23NS2. The smallest absolute Gasteiger partial charge is 0.0245 e. The molecule has 0 bridgehead atoms. The van der Waals surface area contributed by atoms with Crippen molar-refractivity contribution in [3.05, 3.63) is 21.9 Å². The third kappa shape index (κ3) is 2.88. The largest absolute Gasteiger partial charge is 0.298 e. The quantitative estimate of drug-likeness (QED) is 0.795. The van der Waals surface area contributed by atoms with Gasteiger partial charge in [0.1, 0.15) is 0 Å². The maximum Gasteiger partial charge on any atom is 0.0245 e. The van der Waals surface area contributed by atoms with E-state index < -0.39 is 0 Å². The fraction of sp³-hybridized carbons (Fsp3) is 0.714. The van der Waals surface area contributed by atoms with Crippen molar-refractivity contribution in [1.29, 1.82) is 0 Å². The van der Waals surface area contributed by atoms with Crippen LogP contribution in [0.5, 0.6) is 0 Å². The van der Waals surface area contributed by atoms with Crippen LogP contribution < -0.4 is 0 Å². The lowest BCUT2D eigenvalue weighted by atomic mass is 9.83. The number of hydrogen-bond acceptors (Lipinski definition) is 3. The standard InChI is InChI=1S/C14H23NS2/c1-3-14(4-2,11-16)10-15-7-5-13-12(9-15)6-8-17-13/h6,8,16H,3-5,7,9-11H2,1-2H3. The number of hydrogen-bond donors (Lipinski definition) is 1. The van der Waals surface area contributed by atoms with Crippen molar-refractivity contribution in [2.45, 2.75) is 39.7 Å². The minimum Gasteiger partial charge on any atom is -0.298 e. The predicted molar refractivity (Wildman–Crippen MR) is 80.2 cm³/mol. The molecule has 3 heteroatoms. The van der Waals surface area contributed by atoms with Crippen LogP contribution in [-0.4, -0.2) is 23.7 Å². The van der Waals surface area contributed by atoms with Gasteiger partial charge in [0.15, 0.2) is 0 Å². The second-order valence-corrected chi connectivity index (χ2v) is 6.51. The average Bonchev–Trinajstić information content (AvgIpc) is 2.83. The summed E-state index contributed by atoms with van der Waals surface area (Å²) in [7, 11) is 0. The van der Waals surface area contributed by atoms with Crippen molar-refractivity contribution >= 4 is 24.0 Å². The van der Waals surface area contributed by atoms with Gasteiger partial charge >= 0.3 is 0 Å². The van der Waals surface area contributed by atoms with Gasteiger partial charge in [-0.05, 0) is 47.4 Å². The molecule has 0 aliphatic carbocycles. The Bertz CT molecular complexity index is 347. The summed E-state index contributed by atoms with van der Waals surface area (Å²) in [6.07, 6.45) is 3.71. The van der Waals surface area contributed by atoms with Crippen LogP contribution in [0.25, 0.3) is 0 Å². The second-order valence-electron chi connectivity index (χ2n) is 5.19. The van der Waals surface area contributed by atoms with Gasteiger partial charge in [-0.3, -0.25) is 4.90 Å². The number of rotatable bonds is 5. The zero-order valence-corrected chi connectivity index (χ0v) is 12.6. The first kappa shape index (κ1) is 13.4. The Labute approximate surface area is 115 Å². The Morgan fingerprint density at radius 1 is 1.41 bits per heavy atom. The first-order valence-electron chi connectivity index (χ1n) is 6.61. The van der Waals surface area contributed by atoms with Crippen LogP contribution in [0.1, 0.15) is 37.1 Å². The Hall–Kier alpha value is 0.0100. The molecule has 0 N–H and O–H groups in total. The fourth-order valence-electron chi connectivity index (χ4n) is 2.66. The minimum atomic E-state index is 0.413. The summed E-state index contributed by atoms with van der Waals surface area (Å²) in [6.45, 7) is 8.19. The van der Waals surface area contributed by atoms with Crippen molar-refractivity contribution in [2.24, 2.45) is 5.41 Å². The molecular weight excluding hydrogens is 246 g/mol. The highest BCUT2D eigenvalue weighted by atomic mass is 32.1. The molecule has 1 aromatic heterocycles. The molecule has 96 valence electrons. The molecule has 0 radical (unpaired) electrons. The summed E-state index contributed by atoms with van der Waals surface area (Å²) in [5.74, 6) is 1.01. The Kier molecular flexibility index (Phi) is 4.56. The van der Waals surface area contributed by atoms with Gasteiger partial charge in [0.05, 0.1) is 0 Å². The van der Waals surface area contributed by atoms with Crippen LogP contribution in [0.4, 0.5) is 0 Å². The molecule has 0 aromatic carbocycles. The van der Waals surface area contributed by atoms with E-state index in [0.29, 0.717) is 5.41 Å². The van der Waals surface area contributed by atoms with E-state index in [1.807, 2.05) is 11.3 Å². The van der Waals surface area contributed by atoms with E-state index in [0.717, 1.165) is 12.3 Å². The highest BCUT2D eigenvalue weighted by molar-refractivity contribution is 7.80. The summed E-state index contributed by atoms with van der Waals surface area (Å²) in [6, 6.07) is 2.30. The van der Waals surface area contributed by atoms with Gasteiger partial charge in [0.25, 0.3) is 0 Å². The highest BCUT2D eigenvalue weighted by Crippen LogP contribution is 2.32. The molecule has 1 aliphatic heterocycles. The van der Waals surface area contributed by atoms with Gasteiger partial charge in [-0.25, -0.2) is 0 Å². The zero-order chi connectivity index (χ0) is 12.3. The molecule has 2 heterocycles. The maximum absolute atomic E-state index is 4.58. The summed E-state index contributed by atoms with van der Waals surface area (Å²) < 4.78 is 0. The van der Waals surface area contributed by atoms with Crippen LogP contribution in [0.15, 0.2) is 11.4 Å². The normalized spacial score (nSPS) is 17.1. The summed E-state index contributed by atoms with van der Waals surface area (Å²) in [4.78, 5) is 4.23. The molecule has 0 saturated heterocycles. The van der Waals surface area contributed by atoms with Crippen LogP contribution in [-0.2, 0) is 13.0 Å². The van der Waals surface area contributed by atoms with Crippen molar-refractivity contribution in [3.8, 4) is 0 Å². The molecule has 0 spiro atoms. The molecule has 1 aliphatic rings. The number of thiol groups is 1. The molecule has 0 amide bonds. The molecule has 17 heavy (non-hydrogen) atoms. The van der Waals surface area contributed by atoms with Crippen molar-refractivity contribution in [1.82, 2.24) is 4.90 Å². The lowest BCUT2D eigenvalue weighted by Gasteiger charge is -2.38. The van der Waals surface area contributed by atoms with Crippen LogP contribution in [0.3, 0.4) is 0 Å². The molecule has 1 aromatic rings. The number of nitrogens with zero attached hydrogens (tertiary/aromatic N) is 1. The maximum atomic E-state index is 4.58. The second kappa shape index (κ2) is 5.77. The van der Waals surface area contributed by atoms with E-state index in [-0.39, 0.29) is 0 Å². The fourth-order valence-corrected chi connectivity index (χ4v) is 4.10. The molecule has 2 rings (SSSR count). The Morgan fingerprint density at radius 3 is 2.82 bits per heavy atom. The Balaban J connectivity index is 2.01. The summed E-state index contributed by atoms with van der Waals surface area (Å²) in [5, 5.41) is 2.24. The van der Waals surface area contributed by atoms with Gasteiger partial charge in [0, 0.05) is 24.5 Å². The number of fused-ring (bicyclic) bond motifs is 1. The monoisotopic (exact) mass is 269 g/mol. The van der Waals surface area contributed by atoms with Gasteiger partial charge in [-0.1, -0.05) is 13.8 Å². The van der Waals surface area contributed by atoms with E-state index in [2.05, 4.69) is 42.8 Å². The zero-order valence-electron chi connectivity index (χ0n) is 10.9. The lowest BCUT2D eigenvalue weighted by molar-refractivity contribution is 0.147. The first-order valence-corrected chi connectivity index (χ1v) is 8.12. The molecule has 0 saturated carbocycles. The van der Waals surface area contributed by atoms with E-state index in [4.69, 9.17) is 0 Å². The topological polar surface area (TPSA) is 3.24 Å². The van der Waals surface area contributed by atoms with Gasteiger partial charge in [-0.2, -0.15) is 12.6 Å². The number of thiophene rings is 1. The van der Waals surface area contributed by atoms with E-state index in [1.54, 1.807) is 10.4 Å². The van der Waals surface area contributed by atoms with Crippen LogP contribution in [0.2, 0.25) is 0 Å².